The summed E-state index contributed by atoms with van der Waals surface area (Å²) in [5.41, 5.74) is 0.778. The number of aliphatic carboxylic acids is 1. The van der Waals surface area contributed by atoms with Crippen molar-refractivity contribution in [3.63, 3.8) is 0 Å². The maximum absolute atomic E-state index is 11.4. The zero-order valence-electron chi connectivity index (χ0n) is 9.90. The third-order valence-corrected chi connectivity index (χ3v) is 3.00. The van der Waals surface area contributed by atoms with Gasteiger partial charge in [-0.15, -0.1) is 0 Å². The molecule has 0 fully saturated rings. The fraction of sp³-hybridized carbons (Fsp3) is 0.333. The molecule has 0 unspecified atom stereocenters. The van der Waals surface area contributed by atoms with Crippen molar-refractivity contribution in [3.05, 3.63) is 33.8 Å². The number of benzene rings is 1. The predicted octanol–water partition coefficient (Wildman–Crippen LogP) is 1.49. The molecule has 0 aromatic heterocycles. The molecule has 0 radical (unpaired) electrons. The van der Waals surface area contributed by atoms with Crippen molar-refractivity contribution in [2.24, 2.45) is 0 Å². The second-order valence-electron chi connectivity index (χ2n) is 3.89. The molecule has 1 atom stereocenters. The van der Waals surface area contributed by atoms with Gasteiger partial charge in [0.2, 0.25) is 5.91 Å². The van der Waals surface area contributed by atoms with Gasteiger partial charge in [-0.05, 0) is 24.1 Å². The molecule has 0 aliphatic carbocycles. The maximum Gasteiger partial charge on any atom is 0.334 e. The molecular weight excluding hydrogens is 293 g/mol. The molecule has 0 saturated carbocycles. The van der Waals surface area contributed by atoms with Crippen LogP contribution >= 0.6 is 23.2 Å². The molecule has 5 nitrogen and oxygen atoms in total. The van der Waals surface area contributed by atoms with E-state index in [1.807, 2.05) is 0 Å². The van der Waals surface area contributed by atoms with E-state index in [9.17, 15) is 9.59 Å². The highest BCUT2D eigenvalue weighted by atomic mass is 35.5. The van der Waals surface area contributed by atoms with Gasteiger partial charge in [0.1, 0.15) is 0 Å². The van der Waals surface area contributed by atoms with Crippen LogP contribution in [0.2, 0.25) is 10.0 Å². The number of aliphatic hydroxyl groups is 1. The number of carboxylic acids is 1. The number of hydrogen-bond acceptors (Lipinski definition) is 3. The van der Waals surface area contributed by atoms with Crippen LogP contribution in [-0.2, 0) is 16.0 Å². The number of carbonyl (C=O) groups is 2. The summed E-state index contributed by atoms with van der Waals surface area (Å²) in [4.78, 5) is 21.8. The highest BCUT2D eigenvalue weighted by molar-refractivity contribution is 6.35. The minimum atomic E-state index is -1.59. The quantitative estimate of drug-likeness (QED) is 0.743. The Hall–Kier alpha value is -1.30. The Bertz CT molecular complexity index is 479. The summed E-state index contributed by atoms with van der Waals surface area (Å²) in [6.45, 7) is -0.317. The minimum Gasteiger partial charge on any atom is -0.479 e. The van der Waals surface area contributed by atoms with Crippen molar-refractivity contribution in [1.82, 2.24) is 5.32 Å². The van der Waals surface area contributed by atoms with E-state index in [0.717, 1.165) is 5.56 Å². The average Bonchev–Trinajstić information content (AvgIpc) is 2.34. The number of aliphatic hydroxyl groups excluding tert-OH is 1. The predicted molar refractivity (Wildman–Crippen MR) is 71.4 cm³/mol. The summed E-state index contributed by atoms with van der Waals surface area (Å²) in [7, 11) is 0. The number of aryl methyl sites for hydroxylation is 1. The van der Waals surface area contributed by atoms with Crippen molar-refractivity contribution >= 4 is 35.1 Å². The molecule has 1 aromatic rings. The number of amides is 1. The first kappa shape index (κ1) is 15.8. The largest absolute Gasteiger partial charge is 0.479 e. The number of hydrogen-bond donors (Lipinski definition) is 3. The van der Waals surface area contributed by atoms with E-state index < -0.39 is 12.1 Å². The van der Waals surface area contributed by atoms with Crippen LogP contribution in [0.25, 0.3) is 0 Å². The Kier molecular flexibility index (Phi) is 6.08. The second-order valence-corrected chi connectivity index (χ2v) is 4.74. The van der Waals surface area contributed by atoms with Crippen molar-refractivity contribution in [2.75, 3.05) is 6.54 Å². The fourth-order valence-electron chi connectivity index (χ4n) is 1.36. The second kappa shape index (κ2) is 7.33. The Balaban J connectivity index is 2.40. The standard InChI is InChI=1S/C12H13Cl2NO4/c13-8-3-1-7(9(14)5-8)2-4-11(17)15-6-10(16)12(18)19/h1,3,5,10,16H,2,4,6H2,(H,15,17)(H,18,19)/t10-/m0/s1. The van der Waals surface area contributed by atoms with Crippen molar-refractivity contribution < 1.29 is 19.8 Å². The van der Waals surface area contributed by atoms with Crippen molar-refractivity contribution in [3.8, 4) is 0 Å². The summed E-state index contributed by atoms with van der Waals surface area (Å²) in [6.07, 6.45) is -1.04. The zero-order valence-corrected chi connectivity index (χ0v) is 11.4. The van der Waals surface area contributed by atoms with Crippen LogP contribution in [0.15, 0.2) is 18.2 Å². The fourth-order valence-corrected chi connectivity index (χ4v) is 1.86. The summed E-state index contributed by atoms with van der Waals surface area (Å²) in [5.74, 6) is -1.73. The highest BCUT2D eigenvalue weighted by Gasteiger charge is 2.14. The Labute approximate surface area is 120 Å². The smallest absolute Gasteiger partial charge is 0.334 e. The third-order valence-electron chi connectivity index (χ3n) is 2.41. The molecule has 0 saturated heterocycles. The van der Waals surface area contributed by atoms with Gasteiger partial charge < -0.3 is 15.5 Å². The average molecular weight is 306 g/mol. The van der Waals surface area contributed by atoms with Gasteiger partial charge in [0.05, 0.1) is 6.54 Å². The van der Waals surface area contributed by atoms with Gasteiger partial charge in [-0.3, -0.25) is 4.79 Å². The van der Waals surface area contributed by atoms with Crippen LogP contribution in [-0.4, -0.2) is 34.7 Å². The topological polar surface area (TPSA) is 86.6 Å². The Morgan fingerprint density at radius 3 is 2.58 bits per heavy atom. The maximum atomic E-state index is 11.4. The molecule has 104 valence electrons. The van der Waals surface area contributed by atoms with Gasteiger partial charge in [0.25, 0.3) is 0 Å². The minimum absolute atomic E-state index is 0.147. The van der Waals surface area contributed by atoms with Crippen LogP contribution in [0.5, 0.6) is 0 Å². The molecule has 1 amide bonds. The van der Waals surface area contributed by atoms with Crippen LogP contribution in [0.4, 0.5) is 0 Å². The highest BCUT2D eigenvalue weighted by Crippen LogP contribution is 2.21. The lowest BCUT2D eigenvalue weighted by molar-refractivity contribution is -0.146. The summed E-state index contributed by atoms with van der Waals surface area (Å²) in [5, 5.41) is 20.7. The van der Waals surface area contributed by atoms with E-state index in [-0.39, 0.29) is 18.9 Å². The summed E-state index contributed by atoms with van der Waals surface area (Å²) >= 11 is 11.7. The first-order valence-electron chi connectivity index (χ1n) is 5.51. The van der Waals surface area contributed by atoms with E-state index in [0.29, 0.717) is 16.5 Å². The molecule has 0 aliphatic rings. The van der Waals surface area contributed by atoms with Crippen molar-refractivity contribution in [2.45, 2.75) is 18.9 Å². The van der Waals surface area contributed by atoms with Gasteiger partial charge in [-0.25, -0.2) is 4.79 Å². The Morgan fingerprint density at radius 1 is 1.32 bits per heavy atom. The number of carbonyl (C=O) groups excluding carboxylic acids is 1. The van der Waals surface area contributed by atoms with E-state index in [1.54, 1.807) is 18.2 Å². The number of halogens is 2. The van der Waals surface area contributed by atoms with Gasteiger partial charge >= 0.3 is 5.97 Å². The molecule has 0 heterocycles. The first-order chi connectivity index (χ1) is 8.90. The van der Waals surface area contributed by atoms with Crippen molar-refractivity contribution in [1.29, 1.82) is 0 Å². The molecule has 0 aliphatic heterocycles. The monoisotopic (exact) mass is 305 g/mol. The number of carboxylic acid groups (broad SMARTS) is 1. The van der Waals surface area contributed by atoms with E-state index in [4.69, 9.17) is 33.4 Å². The van der Waals surface area contributed by atoms with E-state index in [1.165, 1.54) is 0 Å². The Morgan fingerprint density at radius 2 is 2.00 bits per heavy atom. The van der Waals surface area contributed by atoms with Crippen LogP contribution in [0.3, 0.4) is 0 Å². The lowest BCUT2D eigenvalue weighted by Crippen LogP contribution is -2.36. The van der Waals surface area contributed by atoms with Gasteiger partial charge in [0.15, 0.2) is 6.10 Å². The van der Waals surface area contributed by atoms with Gasteiger partial charge in [-0.2, -0.15) is 0 Å². The lowest BCUT2D eigenvalue weighted by atomic mass is 10.1. The van der Waals surface area contributed by atoms with Crippen LogP contribution in [0.1, 0.15) is 12.0 Å². The molecule has 0 bridgehead atoms. The first-order valence-corrected chi connectivity index (χ1v) is 6.27. The SMILES string of the molecule is O=C(CCc1ccc(Cl)cc1Cl)NC[C@H](O)C(=O)O. The summed E-state index contributed by atoms with van der Waals surface area (Å²) in [6, 6.07) is 4.99. The summed E-state index contributed by atoms with van der Waals surface area (Å²) < 4.78 is 0. The van der Waals surface area contributed by atoms with Gasteiger partial charge in [-0.1, -0.05) is 29.3 Å². The zero-order chi connectivity index (χ0) is 14.4. The van der Waals surface area contributed by atoms with E-state index >= 15 is 0 Å². The van der Waals surface area contributed by atoms with E-state index in [2.05, 4.69) is 5.32 Å². The normalized spacial score (nSPS) is 11.9. The lowest BCUT2D eigenvalue weighted by Gasteiger charge is -2.08. The third kappa shape index (κ3) is 5.46. The van der Waals surface area contributed by atoms with Gasteiger partial charge in [0, 0.05) is 16.5 Å². The molecule has 19 heavy (non-hydrogen) atoms. The molecule has 1 rings (SSSR count). The van der Waals surface area contributed by atoms with Crippen LogP contribution < -0.4 is 5.32 Å². The molecule has 0 spiro atoms. The number of nitrogens with one attached hydrogen (secondary N) is 1. The molecule has 3 N–H and O–H groups in total. The molecule has 1 aromatic carbocycles. The molecule has 7 heteroatoms. The molecular formula is C12H13Cl2NO4. The van der Waals surface area contributed by atoms with Crippen LogP contribution in [0, 0.1) is 0 Å². The number of rotatable bonds is 6.